The van der Waals surface area contributed by atoms with Crippen molar-refractivity contribution >= 4 is 5.69 Å². The fourth-order valence-electron chi connectivity index (χ4n) is 2.04. The zero-order chi connectivity index (χ0) is 13.5. The molecule has 0 atom stereocenters. The van der Waals surface area contributed by atoms with Gasteiger partial charge in [-0.2, -0.15) is 0 Å². The Kier molecular flexibility index (Phi) is 4.95. The summed E-state index contributed by atoms with van der Waals surface area (Å²) in [5.41, 5.74) is 1.08. The molecule has 4 heteroatoms. The van der Waals surface area contributed by atoms with Gasteiger partial charge < -0.3 is 5.32 Å². The third-order valence-corrected chi connectivity index (χ3v) is 3.18. The Bertz CT molecular complexity index is 487. The lowest BCUT2D eigenvalue weighted by Gasteiger charge is -2.08. The summed E-state index contributed by atoms with van der Waals surface area (Å²) < 4.78 is 1.98. The summed E-state index contributed by atoms with van der Waals surface area (Å²) in [5, 5.41) is 3.40. The summed E-state index contributed by atoms with van der Waals surface area (Å²) in [6, 6.07) is 4.09. The second-order valence-electron chi connectivity index (χ2n) is 4.74. The summed E-state index contributed by atoms with van der Waals surface area (Å²) in [5.74, 6) is 1.86. The van der Waals surface area contributed by atoms with Gasteiger partial charge in [0, 0.05) is 18.9 Å². The van der Waals surface area contributed by atoms with E-state index in [1.165, 1.54) is 25.7 Å². The average molecular weight is 258 g/mol. The van der Waals surface area contributed by atoms with Crippen molar-refractivity contribution in [2.75, 3.05) is 11.9 Å². The Morgan fingerprint density at radius 3 is 2.68 bits per heavy atom. The standard InChI is InChI=1S/C15H22N4/c1-3-4-5-6-9-17-14-7-8-15(18-12-14)19-11-10-16-13(19)2/h7-8,10-12,17H,3-6,9H2,1-2H3. The number of imidazole rings is 1. The third kappa shape index (κ3) is 3.81. The van der Waals surface area contributed by atoms with E-state index in [-0.39, 0.29) is 0 Å². The van der Waals surface area contributed by atoms with Crippen LogP contribution >= 0.6 is 0 Å². The number of unbranched alkanes of at least 4 members (excludes halogenated alkanes) is 3. The Labute approximate surface area is 114 Å². The van der Waals surface area contributed by atoms with Crippen LogP contribution in [0.25, 0.3) is 5.82 Å². The van der Waals surface area contributed by atoms with Gasteiger partial charge in [0.05, 0.1) is 11.9 Å². The maximum absolute atomic E-state index is 4.46. The summed E-state index contributed by atoms with van der Waals surface area (Å²) >= 11 is 0. The van der Waals surface area contributed by atoms with Crippen molar-refractivity contribution in [1.29, 1.82) is 0 Å². The molecular formula is C15H22N4. The minimum Gasteiger partial charge on any atom is -0.384 e. The molecule has 2 aromatic rings. The number of pyridine rings is 1. The molecule has 19 heavy (non-hydrogen) atoms. The van der Waals surface area contributed by atoms with Gasteiger partial charge in [0.2, 0.25) is 0 Å². The van der Waals surface area contributed by atoms with Gasteiger partial charge in [0.25, 0.3) is 0 Å². The van der Waals surface area contributed by atoms with E-state index in [1.54, 1.807) is 6.20 Å². The van der Waals surface area contributed by atoms with E-state index in [4.69, 9.17) is 0 Å². The largest absolute Gasteiger partial charge is 0.384 e. The van der Waals surface area contributed by atoms with E-state index < -0.39 is 0 Å². The zero-order valence-corrected chi connectivity index (χ0v) is 11.8. The molecule has 4 nitrogen and oxygen atoms in total. The molecule has 2 aromatic heterocycles. The predicted octanol–water partition coefficient (Wildman–Crippen LogP) is 3.57. The molecule has 2 rings (SSSR count). The van der Waals surface area contributed by atoms with E-state index in [2.05, 4.69) is 28.3 Å². The molecule has 0 bridgehead atoms. The summed E-state index contributed by atoms with van der Waals surface area (Å²) in [6.45, 7) is 5.22. The van der Waals surface area contributed by atoms with Gasteiger partial charge in [0.1, 0.15) is 11.6 Å². The SMILES string of the molecule is CCCCCCNc1ccc(-n2ccnc2C)nc1. The van der Waals surface area contributed by atoms with Crippen LogP contribution in [0.1, 0.15) is 38.4 Å². The molecule has 2 heterocycles. The van der Waals surface area contributed by atoms with Crippen molar-refractivity contribution in [3.05, 3.63) is 36.5 Å². The van der Waals surface area contributed by atoms with E-state index in [0.717, 1.165) is 23.9 Å². The fourth-order valence-corrected chi connectivity index (χ4v) is 2.04. The second kappa shape index (κ2) is 6.92. The summed E-state index contributed by atoms with van der Waals surface area (Å²) in [7, 11) is 0. The number of aryl methyl sites for hydroxylation is 1. The number of aromatic nitrogens is 3. The number of nitrogens with zero attached hydrogens (tertiary/aromatic N) is 3. The molecule has 0 aliphatic heterocycles. The molecule has 0 spiro atoms. The van der Waals surface area contributed by atoms with Crippen molar-refractivity contribution in [2.24, 2.45) is 0 Å². The van der Waals surface area contributed by atoms with Gasteiger partial charge in [-0.05, 0) is 25.5 Å². The highest BCUT2D eigenvalue weighted by Gasteiger charge is 2.01. The lowest BCUT2D eigenvalue weighted by molar-refractivity contribution is 0.685. The molecule has 0 amide bonds. The normalized spacial score (nSPS) is 10.6. The molecule has 0 aliphatic carbocycles. The average Bonchev–Trinajstić information content (AvgIpc) is 2.86. The predicted molar refractivity (Wildman–Crippen MR) is 78.7 cm³/mol. The topological polar surface area (TPSA) is 42.7 Å². The monoisotopic (exact) mass is 258 g/mol. The van der Waals surface area contributed by atoms with Crippen LogP contribution < -0.4 is 5.32 Å². The minimum atomic E-state index is 0.909. The van der Waals surface area contributed by atoms with Crippen molar-refractivity contribution in [2.45, 2.75) is 39.5 Å². The molecular weight excluding hydrogens is 236 g/mol. The van der Waals surface area contributed by atoms with Crippen molar-refractivity contribution in [3.63, 3.8) is 0 Å². The Balaban J connectivity index is 1.87. The van der Waals surface area contributed by atoms with Crippen LogP contribution in [0.15, 0.2) is 30.7 Å². The van der Waals surface area contributed by atoms with Gasteiger partial charge >= 0.3 is 0 Å². The first-order valence-electron chi connectivity index (χ1n) is 7.01. The minimum absolute atomic E-state index is 0.909. The molecule has 0 aromatic carbocycles. The van der Waals surface area contributed by atoms with Crippen LogP contribution in [0, 0.1) is 6.92 Å². The highest BCUT2D eigenvalue weighted by atomic mass is 15.1. The molecule has 102 valence electrons. The van der Waals surface area contributed by atoms with Gasteiger partial charge in [-0.3, -0.25) is 4.57 Å². The molecule has 0 saturated heterocycles. The van der Waals surface area contributed by atoms with E-state index >= 15 is 0 Å². The molecule has 0 aliphatic rings. The van der Waals surface area contributed by atoms with E-state index in [0.29, 0.717) is 0 Å². The quantitative estimate of drug-likeness (QED) is 0.772. The first-order valence-corrected chi connectivity index (χ1v) is 7.01. The summed E-state index contributed by atoms with van der Waals surface area (Å²) in [6.07, 6.45) is 10.7. The summed E-state index contributed by atoms with van der Waals surface area (Å²) in [4.78, 5) is 8.66. The van der Waals surface area contributed by atoms with E-state index in [9.17, 15) is 0 Å². The first-order chi connectivity index (χ1) is 9.31. The second-order valence-corrected chi connectivity index (χ2v) is 4.74. The van der Waals surface area contributed by atoms with Crippen LogP contribution in [-0.4, -0.2) is 21.1 Å². The molecule has 0 saturated carbocycles. The number of rotatable bonds is 7. The molecule has 0 unspecified atom stereocenters. The lowest BCUT2D eigenvalue weighted by Crippen LogP contribution is -2.03. The Morgan fingerprint density at radius 2 is 2.05 bits per heavy atom. The van der Waals surface area contributed by atoms with E-state index in [1.807, 2.05) is 30.0 Å². The number of anilines is 1. The van der Waals surface area contributed by atoms with Gasteiger partial charge in [-0.25, -0.2) is 9.97 Å². The highest BCUT2D eigenvalue weighted by Crippen LogP contribution is 2.11. The zero-order valence-electron chi connectivity index (χ0n) is 11.8. The third-order valence-electron chi connectivity index (χ3n) is 3.18. The van der Waals surface area contributed by atoms with Crippen LogP contribution in [-0.2, 0) is 0 Å². The van der Waals surface area contributed by atoms with Crippen LogP contribution in [0.5, 0.6) is 0 Å². The lowest BCUT2D eigenvalue weighted by atomic mass is 10.2. The Morgan fingerprint density at radius 1 is 1.16 bits per heavy atom. The number of hydrogen-bond acceptors (Lipinski definition) is 3. The van der Waals surface area contributed by atoms with Crippen LogP contribution in [0.3, 0.4) is 0 Å². The Hall–Kier alpha value is -1.84. The van der Waals surface area contributed by atoms with Crippen LogP contribution in [0.4, 0.5) is 5.69 Å². The van der Waals surface area contributed by atoms with Crippen molar-refractivity contribution < 1.29 is 0 Å². The molecule has 0 radical (unpaired) electrons. The first kappa shape index (κ1) is 13.6. The molecule has 1 N–H and O–H groups in total. The smallest absolute Gasteiger partial charge is 0.138 e. The van der Waals surface area contributed by atoms with Gasteiger partial charge in [-0.15, -0.1) is 0 Å². The van der Waals surface area contributed by atoms with Crippen molar-refractivity contribution in [3.8, 4) is 5.82 Å². The maximum Gasteiger partial charge on any atom is 0.138 e. The van der Waals surface area contributed by atoms with Gasteiger partial charge in [-0.1, -0.05) is 26.2 Å². The van der Waals surface area contributed by atoms with Crippen molar-refractivity contribution in [1.82, 2.24) is 14.5 Å². The highest BCUT2D eigenvalue weighted by molar-refractivity contribution is 5.43. The number of nitrogens with one attached hydrogen (secondary N) is 1. The number of hydrogen-bond donors (Lipinski definition) is 1. The van der Waals surface area contributed by atoms with Crippen LogP contribution in [0.2, 0.25) is 0 Å². The molecule has 0 fully saturated rings. The fraction of sp³-hybridized carbons (Fsp3) is 0.467. The van der Waals surface area contributed by atoms with Gasteiger partial charge in [0.15, 0.2) is 0 Å². The maximum atomic E-state index is 4.46.